The standard InChI is InChI=1S/C12H15N3O2S/c1-7(3-10(16)17)5-13-11-9-4-8(2)18-12(9)15-6-14-11/h4,6-7H,3,5H2,1-2H3,(H,16,17)(H,13,14,15). The average molecular weight is 265 g/mol. The van der Waals surface area contributed by atoms with Gasteiger partial charge in [-0.05, 0) is 18.9 Å². The number of fused-ring (bicyclic) bond motifs is 1. The molecule has 0 saturated carbocycles. The van der Waals surface area contributed by atoms with Gasteiger partial charge >= 0.3 is 5.97 Å². The molecule has 2 aromatic rings. The van der Waals surface area contributed by atoms with Crippen LogP contribution in [0.2, 0.25) is 0 Å². The van der Waals surface area contributed by atoms with Crippen LogP contribution < -0.4 is 5.32 Å². The van der Waals surface area contributed by atoms with Crippen LogP contribution in [0, 0.1) is 12.8 Å². The molecular formula is C12H15N3O2S. The van der Waals surface area contributed by atoms with Crippen LogP contribution in [0.5, 0.6) is 0 Å². The van der Waals surface area contributed by atoms with Gasteiger partial charge in [-0.1, -0.05) is 6.92 Å². The summed E-state index contributed by atoms with van der Waals surface area (Å²) in [5.41, 5.74) is 0. The first kappa shape index (κ1) is 12.8. The highest BCUT2D eigenvalue weighted by molar-refractivity contribution is 7.18. The summed E-state index contributed by atoms with van der Waals surface area (Å²) in [6.07, 6.45) is 1.69. The van der Waals surface area contributed by atoms with Crippen molar-refractivity contribution in [3.8, 4) is 0 Å². The van der Waals surface area contributed by atoms with Crippen molar-refractivity contribution in [3.63, 3.8) is 0 Å². The summed E-state index contributed by atoms with van der Waals surface area (Å²) >= 11 is 1.63. The largest absolute Gasteiger partial charge is 0.481 e. The molecule has 2 rings (SSSR count). The lowest BCUT2D eigenvalue weighted by molar-refractivity contribution is -0.137. The summed E-state index contributed by atoms with van der Waals surface area (Å²) in [6, 6.07) is 2.05. The van der Waals surface area contributed by atoms with Gasteiger partial charge in [-0.3, -0.25) is 4.79 Å². The minimum absolute atomic E-state index is 0.0623. The van der Waals surface area contributed by atoms with Crippen molar-refractivity contribution in [2.24, 2.45) is 5.92 Å². The van der Waals surface area contributed by atoms with E-state index in [2.05, 4.69) is 15.3 Å². The van der Waals surface area contributed by atoms with E-state index in [9.17, 15) is 4.79 Å². The van der Waals surface area contributed by atoms with Crippen LogP contribution in [0.15, 0.2) is 12.4 Å². The Labute approximate surface area is 109 Å². The molecular weight excluding hydrogens is 250 g/mol. The van der Waals surface area contributed by atoms with Gasteiger partial charge in [0.2, 0.25) is 0 Å². The minimum atomic E-state index is -0.775. The first-order valence-corrected chi connectivity index (χ1v) is 6.54. The van der Waals surface area contributed by atoms with Crippen LogP contribution in [-0.2, 0) is 4.79 Å². The molecule has 2 N–H and O–H groups in total. The third kappa shape index (κ3) is 2.95. The van der Waals surface area contributed by atoms with E-state index in [4.69, 9.17) is 5.11 Å². The van der Waals surface area contributed by atoms with Gasteiger partial charge in [0.25, 0.3) is 0 Å². The Morgan fingerprint density at radius 3 is 3.06 bits per heavy atom. The van der Waals surface area contributed by atoms with Crippen molar-refractivity contribution >= 4 is 33.3 Å². The highest BCUT2D eigenvalue weighted by Crippen LogP contribution is 2.27. The maximum Gasteiger partial charge on any atom is 0.303 e. The van der Waals surface area contributed by atoms with Crippen molar-refractivity contribution in [3.05, 3.63) is 17.3 Å². The van der Waals surface area contributed by atoms with Gasteiger partial charge < -0.3 is 10.4 Å². The normalized spacial score (nSPS) is 12.6. The third-order valence-corrected chi connectivity index (χ3v) is 3.55. The predicted molar refractivity (Wildman–Crippen MR) is 72.1 cm³/mol. The smallest absolute Gasteiger partial charge is 0.303 e. The summed E-state index contributed by atoms with van der Waals surface area (Å²) in [4.78, 5) is 21.1. The maximum atomic E-state index is 10.6. The second kappa shape index (κ2) is 5.30. The summed E-state index contributed by atoms with van der Waals surface area (Å²) in [6.45, 7) is 4.52. The van der Waals surface area contributed by atoms with Crippen molar-refractivity contribution < 1.29 is 9.90 Å². The Morgan fingerprint density at radius 1 is 1.56 bits per heavy atom. The number of hydrogen-bond donors (Lipinski definition) is 2. The lowest BCUT2D eigenvalue weighted by Crippen LogP contribution is -2.15. The van der Waals surface area contributed by atoms with Crippen LogP contribution in [0.3, 0.4) is 0 Å². The molecule has 6 heteroatoms. The lowest BCUT2D eigenvalue weighted by Gasteiger charge is -2.11. The number of nitrogens with one attached hydrogen (secondary N) is 1. The maximum absolute atomic E-state index is 10.6. The van der Waals surface area contributed by atoms with Crippen LogP contribution in [0.4, 0.5) is 5.82 Å². The van der Waals surface area contributed by atoms with Crippen LogP contribution in [-0.4, -0.2) is 27.6 Å². The molecule has 1 unspecified atom stereocenters. The number of rotatable bonds is 5. The molecule has 0 spiro atoms. The van der Waals surface area contributed by atoms with Gasteiger partial charge in [0, 0.05) is 17.8 Å². The van der Waals surface area contributed by atoms with E-state index in [1.54, 1.807) is 11.3 Å². The molecule has 0 bridgehead atoms. The fraction of sp³-hybridized carbons (Fsp3) is 0.417. The van der Waals surface area contributed by atoms with E-state index >= 15 is 0 Å². The number of aryl methyl sites for hydroxylation is 1. The molecule has 5 nitrogen and oxygen atoms in total. The molecule has 2 heterocycles. The van der Waals surface area contributed by atoms with Gasteiger partial charge in [0.1, 0.15) is 17.0 Å². The number of anilines is 1. The Morgan fingerprint density at radius 2 is 2.33 bits per heavy atom. The van der Waals surface area contributed by atoms with Gasteiger partial charge in [-0.2, -0.15) is 0 Å². The molecule has 0 aliphatic carbocycles. The van der Waals surface area contributed by atoms with Crippen molar-refractivity contribution in [1.82, 2.24) is 9.97 Å². The SMILES string of the molecule is Cc1cc2c(NCC(C)CC(=O)O)ncnc2s1. The quantitative estimate of drug-likeness (QED) is 0.868. The topological polar surface area (TPSA) is 75.1 Å². The second-order valence-corrected chi connectivity index (χ2v) is 5.62. The molecule has 0 amide bonds. The monoisotopic (exact) mass is 265 g/mol. The highest BCUT2D eigenvalue weighted by atomic mass is 32.1. The number of hydrogen-bond acceptors (Lipinski definition) is 5. The predicted octanol–water partition coefficient (Wildman–Crippen LogP) is 2.52. The summed E-state index contributed by atoms with van der Waals surface area (Å²) in [5, 5.41) is 12.9. The molecule has 1 atom stereocenters. The zero-order valence-electron chi connectivity index (χ0n) is 10.3. The number of aliphatic carboxylic acids is 1. The molecule has 96 valence electrons. The number of carboxylic acids is 1. The van der Waals surface area contributed by atoms with Gasteiger partial charge in [0.15, 0.2) is 0 Å². The van der Waals surface area contributed by atoms with Crippen LogP contribution >= 0.6 is 11.3 Å². The molecule has 0 fully saturated rings. The lowest BCUT2D eigenvalue weighted by atomic mass is 10.1. The summed E-state index contributed by atoms with van der Waals surface area (Å²) in [5.74, 6) is 0.0670. The Hall–Kier alpha value is -1.69. The number of carboxylic acid groups (broad SMARTS) is 1. The first-order valence-electron chi connectivity index (χ1n) is 5.73. The minimum Gasteiger partial charge on any atom is -0.481 e. The molecule has 18 heavy (non-hydrogen) atoms. The van der Waals surface area contributed by atoms with E-state index in [0.717, 1.165) is 16.0 Å². The van der Waals surface area contributed by atoms with E-state index in [-0.39, 0.29) is 12.3 Å². The van der Waals surface area contributed by atoms with Crippen molar-refractivity contribution in [1.29, 1.82) is 0 Å². The Kier molecular flexibility index (Phi) is 3.76. The Balaban J connectivity index is 2.09. The summed E-state index contributed by atoms with van der Waals surface area (Å²) < 4.78 is 0. The summed E-state index contributed by atoms with van der Waals surface area (Å²) in [7, 11) is 0. The van der Waals surface area contributed by atoms with Crippen LogP contribution in [0.1, 0.15) is 18.2 Å². The fourth-order valence-electron chi connectivity index (χ4n) is 1.76. The fourth-order valence-corrected chi connectivity index (χ4v) is 2.61. The Bertz CT molecular complexity index is 567. The second-order valence-electron chi connectivity index (χ2n) is 4.38. The van der Waals surface area contributed by atoms with Gasteiger partial charge in [-0.15, -0.1) is 11.3 Å². The number of carbonyl (C=O) groups is 1. The molecule has 0 radical (unpaired) electrons. The number of aromatic nitrogens is 2. The van der Waals surface area contributed by atoms with Gasteiger partial charge in [-0.25, -0.2) is 9.97 Å². The zero-order chi connectivity index (χ0) is 13.1. The first-order chi connectivity index (χ1) is 8.56. The molecule has 0 aliphatic heterocycles. The third-order valence-electron chi connectivity index (χ3n) is 2.59. The molecule has 0 aliphatic rings. The number of thiophene rings is 1. The van der Waals surface area contributed by atoms with Crippen molar-refractivity contribution in [2.75, 3.05) is 11.9 Å². The average Bonchev–Trinajstić information content (AvgIpc) is 2.66. The number of nitrogens with zero attached hydrogens (tertiary/aromatic N) is 2. The molecule has 2 aromatic heterocycles. The van der Waals surface area contributed by atoms with E-state index < -0.39 is 5.97 Å². The van der Waals surface area contributed by atoms with Crippen LogP contribution in [0.25, 0.3) is 10.2 Å². The van der Waals surface area contributed by atoms with E-state index in [0.29, 0.717) is 6.54 Å². The molecule has 0 aromatic carbocycles. The molecule has 0 saturated heterocycles. The van der Waals surface area contributed by atoms with E-state index in [1.165, 1.54) is 11.2 Å². The highest BCUT2D eigenvalue weighted by Gasteiger charge is 2.10. The van der Waals surface area contributed by atoms with Gasteiger partial charge in [0.05, 0.1) is 5.39 Å². The zero-order valence-corrected chi connectivity index (χ0v) is 11.1. The van der Waals surface area contributed by atoms with E-state index in [1.807, 2.05) is 19.9 Å². The van der Waals surface area contributed by atoms with Crippen molar-refractivity contribution in [2.45, 2.75) is 20.3 Å².